The van der Waals surface area contributed by atoms with E-state index in [1.807, 2.05) is 6.07 Å². The maximum Gasteiger partial charge on any atom is 0.253 e. The molecule has 9 heteroatoms. The minimum absolute atomic E-state index is 0.0262. The first-order chi connectivity index (χ1) is 15.4. The maximum absolute atomic E-state index is 13.1. The van der Waals surface area contributed by atoms with Crippen molar-refractivity contribution >= 4 is 27.5 Å². The average molecular weight is 476 g/mol. The Morgan fingerprint density at radius 2 is 1.88 bits per heavy atom. The van der Waals surface area contributed by atoms with Gasteiger partial charge in [0.05, 0.1) is 11.6 Å². The van der Waals surface area contributed by atoms with Crippen LogP contribution in [0.1, 0.15) is 34.3 Å². The summed E-state index contributed by atoms with van der Waals surface area (Å²) in [4.78, 5) is 17.1. The number of nitrogens with zero attached hydrogens (tertiary/aromatic N) is 2. The van der Waals surface area contributed by atoms with Gasteiger partial charge >= 0.3 is 0 Å². The van der Waals surface area contributed by atoms with Crippen LogP contribution in [0.4, 0.5) is 0 Å². The van der Waals surface area contributed by atoms with Crippen molar-refractivity contribution in [3.05, 3.63) is 58.1 Å². The van der Waals surface area contributed by atoms with Crippen molar-refractivity contribution in [2.45, 2.75) is 36.7 Å². The molecule has 32 heavy (non-hydrogen) atoms. The monoisotopic (exact) mass is 475 g/mol. The summed E-state index contributed by atoms with van der Waals surface area (Å²) in [5.41, 5.74) is 2.86. The molecule has 7 nitrogen and oxygen atoms in total. The molecule has 2 aromatic carbocycles. The van der Waals surface area contributed by atoms with Crippen LogP contribution in [0.25, 0.3) is 0 Å². The molecule has 2 fully saturated rings. The van der Waals surface area contributed by atoms with Crippen LogP contribution in [0.2, 0.25) is 5.02 Å². The lowest BCUT2D eigenvalue weighted by atomic mass is 10.1. The van der Waals surface area contributed by atoms with Crippen LogP contribution in [-0.2, 0) is 23.0 Å². The highest BCUT2D eigenvalue weighted by Gasteiger charge is 2.30. The molecule has 1 N–H and O–H groups in total. The van der Waals surface area contributed by atoms with Gasteiger partial charge in [-0.25, -0.2) is 13.1 Å². The largest absolute Gasteiger partial charge is 0.493 e. The second-order valence-corrected chi connectivity index (χ2v) is 10.7. The number of benzene rings is 2. The molecule has 1 saturated carbocycles. The second-order valence-electron chi connectivity index (χ2n) is 8.65. The number of hydrogen-bond acceptors (Lipinski definition) is 5. The fourth-order valence-electron chi connectivity index (χ4n) is 4.21. The Bertz CT molecular complexity index is 1140. The SMILES string of the molecule is O=C(c1ccc(Cl)c(S(=O)(=O)NC2CC2)c1)N1CCN(Cc2ccc3c(c2)CCO3)CC1. The molecule has 0 aromatic heterocycles. The molecule has 0 bridgehead atoms. The van der Waals surface area contributed by atoms with E-state index in [0.717, 1.165) is 51.3 Å². The predicted molar refractivity (Wildman–Crippen MR) is 122 cm³/mol. The Balaban J connectivity index is 1.22. The molecule has 0 atom stereocenters. The Morgan fingerprint density at radius 1 is 1.09 bits per heavy atom. The predicted octanol–water partition coefficient (Wildman–Crippen LogP) is 2.67. The van der Waals surface area contributed by atoms with Gasteiger partial charge in [0.2, 0.25) is 10.0 Å². The summed E-state index contributed by atoms with van der Waals surface area (Å²) in [7, 11) is -3.73. The van der Waals surface area contributed by atoms with Crippen molar-refractivity contribution in [1.29, 1.82) is 0 Å². The number of hydrogen-bond donors (Lipinski definition) is 1. The van der Waals surface area contributed by atoms with Gasteiger partial charge in [-0.05, 0) is 48.2 Å². The molecule has 0 spiro atoms. The van der Waals surface area contributed by atoms with Crippen LogP contribution < -0.4 is 9.46 Å². The van der Waals surface area contributed by atoms with E-state index in [0.29, 0.717) is 18.7 Å². The number of sulfonamides is 1. The number of carbonyl (C=O) groups excluding carboxylic acids is 1. The third-order valence-corrected chi connectivity index (χ3v) is 8.19. The van der Waals surface area contributed by atoms with Gasteiger partial charge in [0.15, 0.2) is 0 Å². The van der Waals surface area contributed by atoms with E-state index in [4.69, 9.17) is 16.3 Å². The zero-order valence-corrected chi connectivity index (χ0v) is 19.3. The molecule has 1 aliphatic carbocycles. The van der Waals surface area contributed by atoms with E-state index < -0.39 is 10.0 Å². The summed E-state index contributed by atoms with van der Waals surface area (Å²) in [6.07, 6.45) is 2.62. The number of halogens is 1. The standard InChI is InChI=1S/C23H26ClN3O4S/c24-20-5-2-18(14-22(20)32(29,30)25-19-3-4-19)23(28)27-10-8-26(9-11-27)15-16-1-6-21-17(13-16)7-12-31-21/h1-2,5-6,13-14,19,25H,3-4,7-12,15H2. The van der Waals surface area contributed by atoms with Gasteiger partial charge in [-0.1, -0.05) is 23.7 Å². The molecule has 1 amide bonds. The Kier molecular flexibility index (Phi) is 5.88. The number of piperazine rings is 1. The molecule has 1 saturated heterocycles. The molecular weight excluding hydrogens is 450 g/mol. The van der Waals surface area contributed by atoms with E-state index in [1.165, 1.54) is 23.3 Å². The fraction of sp³-hybridized carbons (Fsp3) is 0.435. The highest BCUT2D eigenvalue weighted by atomic mass is 35.5. The summed E-state index contributed by atoms with van der Waals surface area (Å²) in [5, 5.41) is 0.124. The fourth-order valence-corrected chi connectivity index (χ4v) is 6.05. The van der Waals surface area contributed by atoms with Crippen LogP contribution in [0.5, 0.6) is 5.75 Å². The molecule has 2 heterocycles. The topological polar surface area (TPSA) is 79.0 Å². The number of amides is 1. The van der Waals surface area contributed by atoms with E-state index in [9.17, 15) is 13.2 Å². The molecule has 170 valence electrons. The van der Waals surface area contributed by atoms with Crippen LogP contribution >= 0.6 is 11.6 Å². The lowest BCUT2D eigenvalue weighted by molar-refractivity contribution is 0.0628. The maximum atomic E-state index is 13.1. The zero-order valence-electron chi connectivity index (χ0n) is 17.7. The highest BCUT2D eigenvalue weighted by molar-refractivity contribution is 7.89. The van der Waals surface area contributed by atoms with E-state index in [2.05, 4.69) is 21.8 Å². The van der Waals surface area contributed by atoms with Crippen molar-refractivity contribution < 1.29 is 17.9 Å². The molecule has 2 aromatic rings. The zero-order chi connectivity index (χ0) is 22.3. The highest BCUT2D eigenvalue weighted by Crippen LogP contribution is 2.28. The Hall–Kier alpha value is -2.13. The molecular formula is C23H26ClN3O4S. The summed E-state index contributed by atoms with van der Waals surface area (Å²) < 4.78 is 33.4. The minimum atomic E-state index is -3.73. The normalized spacial score (nSPS) is 19.0. The number of ether oxygens (including phenoxy) is 1. The minimum Gasteiger partial charge on any atom is -0.493 e. The first-order valence-corrected chi connectivity index (χ1v) is 12.8. The van der Waals surface area contributed by atoms with Gasteiger partial charge in [0.1, 0.15) is 10.6 Å². The van der Waals surface area contributed by atoms with Gasteiger partial charge in [0, 0.05) is 50.7 Å². The Labute approximate surface area is 193 Å². The average Bonchev–Trinajstić information content (AvgIpc) is 3.46. The lowest BCUT2D eigenvalue weighted by Gasteiger charge is -2.35. The van der Waals surface area contributed by atoms with Crippen molar-refractivity contribution in [1.82, 2.24) is 14.5 Å². The van der Waals surface area contributed by atoms with Gasteiger partial charge in [-0.2, -0.15) is 0 Å². The summed E-state index contributed by atoms with van der Waals surface area (Å²) >= 11 is 6.15. The van der Waals surface area contributed by atoms with Crippen molar-refractivity contribution in [3.8, 4) is 5.75 Å². The molecule has 5 rings (SSSR count). The lowest BCUT2D eigenvalue weighted by Crippen LogP contribution is -2.48. The third-order valence-electron chi connectivity index (χ3n) is 6.19. The quantitative estimate of drug-likeness (QED) is 0.695. The van der Waals surface area contributed by atoms with Crippen LogP contribution in [0.15, 0.2) is 41.3 Å². The second kappa shape index (κ2) is 8.67. The van der Waals surface area contributed by atoms with Gasteiger partial charge in [-0.15, -0.1) is 0 Å². The smallest absolute Gasteiger partial charge is 0.253 e. The molecule has 3 aliphatic rings. The van der Waals surface area contributed by atoms with E-state index in [-0.39, 0.29) is 21.9 Å². The third kappa shape index (κ3) is 4.64. The summed E-state index contributed by atoms with van der Waals surface area (Å²) in [6, 6.07) is 10.8. The number of carbonyl (C=O) groups is 1. The molecule has 0 unspecified atom stereocenters. The number of nitrogens with one attached hydrogen (secondary N) is 1. The van der Waals surface area contributed by atoms with Gasteiger partial charge < -0.3 is 9.64 Å². The number of rotatable bonds is 6. The number of fused-ring (bicyclic) bond motifs is 1. The van der Waals surface area contributed by atoms with E-state index >= 15 is 0 Å². The molecule has 2 aliphatic heterocycles. The van der Waals surface area contributed by atoms with Crippen molar-refractivity contribution in [2.24, 2.45) is 0 Å². The Morgan fingerprint density at radius 3 is 2.62 bits per heavy atom. The van der Waals surface area contributed by atoms with Gasteiger partial charge in [0.25, 0.3) is 5.91 Å². The van der Waals surface area contributed by atoms with Crippen LogP contribution in [0, 0.1) is 0 Å². The van der Waals surface area contributed by atoms with Crippen molar-refractivity contribution in [3.63, 3.8) is 0 Å². The van der Waals surface area contributed by atoms with Crippen molar-refractivity contribution in [2.75, 3.05) is 32.8 Å². The first-order valence-electron chi connectivity index (χ1n) is 11.0. The van der Waals surface area contributed by atoms with Gasteiger partial charge in [-0.3, -0.25) is 9.69 Å². The van der Waals surface area contributed by atoms with E-state index in [1.54, 1.807) is 11.0 Å². The summed E-state index contributed by atoms with van der Waals surface area (Å²) in [6.45, 7) is 4.31. The molecule has 0 radical (unpaired) electrons. The van der Waals surface area contributed by atoms with Crippen LogP contribution in [0.3, 0.4) is 0 Å². The van der Waals surface area contributed by atoms with Crippen LogP contribution in [-0.4, -0.2) is 63.0 Å². The summed E-state index contributed by atoms with van der Waals surface area (Å²) in [5.74, 6) is 0.819. The first kappa shape index (κ1) is 21.7.